The molecule has 0 aliphatic heterocycles. The molecule has 28 heavy (non-hydrogen) atoms. The summed E-state index contributed by atoms with van der Waals surface area (Å²) >= 11 is 0. The standard InChI is InChI=1S/C22H17N3O3/c26-18-5-3-4-15(12-18)13-23-21(27)16-8-10-17(11-9-16)25-14-24-20-7-2-1-6-19(20)22(25)28/h1-12,14,26H,13H2,(H,23,27). The first-order chi connectivity index (χ1) is 13.6. The molecule has 4 aromatic rings. The van der Waals surface area contributed by atoms with Gasteiger partial charge in [-0.3, -0.25) is 14.2 Å². The maximum atomic E-state index is 12.7. The molecule has 3 aromatic carbocycles. The van der Waals surface area contributed by atoms with Gasteiger partial charge in [0.2, 0.25) is 0 Å². The van der Waals surface area contributed by atoms with Crippen LogP contribution in [0.2, 0.25) is 0 Å². The van der Waals surface area contributed by atoms with Gasteiger partial charge in [-0.15, -0.1) is 0 Å². The highest BCUT2D eigenvalue weighted by atomic mass is 16.3. The lowest BCUT2D eigenvalue weighted by Gasteiger charge is -2.09. The van der Waals surface area contributed by atoms with Crippen molar-refractivity contribution in [2.45, 2.75) is 6.54 Å². The molecule has 138 valence electrons. The minimum atomic E-state index is -0.237. The van der Waals surface area contributed by atoms with Gasteiger partial charge in [-0.1, -0.05) is 24.3 Å². The van der Waals surface area contributed by atoms with Gasteiger partial charge in [-0.05, 0) is 54.1 Å². The second-order valence-corrected chi connectivity index (χ2v) is 6.34. The normalized spacial score (nSPS) is 10.7. The van der Waals surface area contributed by atoms with Crippen molar-refractivity contribution < 1.29 is 9.90 Å². The van der Waals surface area contributed by atoms with Crippen LogP contribution >= 0.6 is 0 Å². The molecule has 0 spiro atoms. The predicted molar refractivity (Wildman–Crippen MR) is 107 cm³/mol. The molecular weight excluding hydrogens is 354 g/mol. The Bertz CT molecular complexity index is 1210. The first-order valence-electron chi connectivity index (χ1n) is 8.75. The molecule has 6 heteroatoms. The lowest BCUT2D eigenvalue weighted by atomic mass is 10.1. The zero-order valence-corrected chi connectivity index (χ0v) is 14.9. The highest BCUT2D eigenvalue weighted by Gasteiger charge is 2.08. The Morgan fingerprint density at radius 2 is 1.79 bits per heavy atom. The Balaban J connectivity index is 1.53. The number of fused-ring (bicyclic) bond motifs is 1. The summed E-state index contributed by atoms with van der Waals surface area (Å²) in [5, 5.41) is 12.8. The van der Waals surface area contributed by atoms with Gasteiger partial charge in [0.05, 0.1) is 16.6 Å². The van der Waals surface area contributed by atoms with Crippen LogP contribution < -0.4 is 10.9 Å². The molecule has 0 saturated heterocycles. The molecule has 2 N–H and O–H groups in total. The van der Waals surface area contributed by atoms with Crippen molar-refractivity contribution in [3.05, 3.63) is 101 Å². The monoisotopic (exact) mass is 371 g/mol. The number of aromatic hydroxyl groups is 1. The molecule has 0 bridgehead atoms. The average molecular weight is 371 g/mol. The van der Waals surface area contributed by atoms with Gasteiger partial charge in [-0.25, -0.2) is 4.98 Å². The highest BCUT2D eigenvalue weighted by Crippen LogP contribution is 2.12. The molecule has 0 aliphatic rings. The van der Waals surface area contributed by atoms with Crippen molar-refractivity contribution in [3.8, 4) is 11.4 Å². The molecule has 0 fully saturated rings. The zero-order valence-electron chi connectivity index (χ0n) is 14.9. The summed E-state index contributed by atoms with van der Waals surface area (Å²) in [4.78, 5) is 29.3. The van der Waals surface area contributed by atoms with Crippen LogP contribution in [0.3, 0.4) is 0 Å². The first-order valence-corrected chi connectivity index (χ1v) is 8.75. The molecule has 0 aliphatic carbocycles. The van der Waals surface area contributed by atoms with Crippen LogP contribution in [0.4, 0.5) is 0 Å². The third kappa shape index (κ3) is 3.48. The van der Waals surface area contributed by atoms with Crippen molar-refractivity contribution >= 4 is 16.8 Å². The van der Waals surface area contributed by atoms with Gasteiger partial charge in [0.25, 0.3) is 11.5 Å². The Kier molecular flexibility index (Phi) is 4.60. The van der Waals surface area contributed by atoms with Crippen molar-refractivity contribution in [1.29, 1.82) is 0 Å². The van der Waals surface area contributed by atoms with Crippen molar-refractivity contribution in [2.24, 2.45) is 0 Å². The fourth-order valence-corrected chi connectivity index (χ4v) is 2.98. The number of nitrogens with zero attached hydrogens (tertiary/aromatic N) is 2. The molecule has 0 radical (unpaired) electrons. The lowest BCUT2D eigenvalue weighted by Crippen LogP contribution is -2.23. The minimum Gasteiger partial charge on any atom is -0.508 e. The summed E-state index contributed by atoms with van der Waals surface area (Å²) in [6, 6.07) is 20.6. The number of nitrogens with one attached hydrogen (secondary N) is 1. The summed E-state index contributed by atoms with van der Waals surface area (Å²) in [6.07, 6.45) is 1.49. The van der Waals surface area contributed by atoms with Crippen LogP contribution in [0.5, 0.6) is 5.75 Å². The average Bonchev–Trinajstić information content (AvgIpc) is 2.73. The molecule has 0 atom stereocenters. The number of para-hydroxylation sites is 1. The van der Waals surface area contributed by atoms with E-state index in [1.54, 1.807) is 60.7 Å². The third-order valence-electron chi connectivity index (χ3n) is 4.44. The maximum absolute atomic E-state index is 12.7. The second-order valence-electron chi connectivity index (χ2n) is 6.34. The van der Waals surface area contributed by atoms with Crippen molar-refractivity contribution in [3.63, 3.8) is 0 Å². The van der Waals surface area contributed by atoms with Crippen molar-refractivity contribution in [2.75, 3.05) is 0 Å². The van der Waals surface area contributed by atoms with E-state index in [4.69, 9.17) is 0 Å². The summed E-state index contributed by atoms with van der Waals surface area (Å²) in [6.45, 7) is 0.309. The summed E-state index contributed by atoms with van der Waals surface area (Å²) in [7, 11) is 0. The largest absolute Gasteiger partial charge is 0.508 e. The predicted octanol–water partition coefficient (Wildman–Crippen LogP) is 3.02. The number of carbonyl (C=O) groups is 1. The first kappa shape index (κ1) is 17.5. The van der Waals surface area contributed by atoms with Gasteiger partial charge in [0.15, 0.2) is 0 Å². The van der Waals surface area contributed by atoms with E-state index in [-0.39, 0.29) is 17.2 Å². The fraction of sp³-hybridized carbons (Fsp3) is 0.0455. The molecular formula is C22H17N3O3. The molecule has 0 unspecified atom stereocenters. The van der Waals surface area contributed by atoms with E-state index in [1.165, 1.54) is 10.9 Å². The molecule has 0 saturated carbocycles. The molecule has 1 amide bonds. The summed E-state index contributed by atoms with van der Waals surface area (Å²) in [5.74, 6) is -0.0792. The van der Waals surface area contributed by atoms with Crippen LogP contribution in [0.15, 0.2) is 83.9 Å². The molecule has 6 nitrogen and oxygen atoms in total. The van der Waals surface area contributed by atoms with E-state index in [1.807, 2.05) is 12.1 Å². The second kappa shape index (κ2) is 7.36. The van der Waals surface area contributed by atoms with E-state index < -0.39 is 0 Å². The number of hydrogen-bond acceptors (Lipinski definition) is 4. The quantitative estimate of drug-likeness (QED) is 0.578. The van der Waals surface area contributed by atoms with E-state index in [2.05, 4.69) is 10.3 Å². The number of amides is 1. The van der Waals surface area contributed by atoms with Crippen LogP contribution in [0.25, 0.3) is 16.6 Å². The number of benzene rings is 3. The van der Waals surface area contributed by atoms with E-state index in [0.717, 1.165) is 5.56 Å². The Morgan fingerprint density at radius 3 is 2.57 bits per heavy atom. The van der Waals surface area contributed by atoms with Crippen LogP contribution in [-0.4, -0.2) is 20.6 Å². The van der Waals surface area contributed by atoms with Crippen LogP contribution in [0.1, 0.15) is 15.9 Å². The molecule has 4 rings (SSSR count). The number of phenolic OH excluding ortho intramolecular Hbond substituents is 1. The number of phenols is 1. The van der Waals surface area contributed by atoms with Gasteiger partial charge in [0, 0.05) is 12.1 Å². The van der Waals surface area contributed by atoms with Gasteiger partial charge < -0.3 is 10.4 Å². The van der Waals surface area contributed by atoms with E-state index in [0.29, 0.717) is 28.7 Å². The lowest BCUT2D eigenvalue weighted by molar-refractivity contribution is 0.0951. The Morgan fingerprint density at radius 1 is 1.00 bits per heavy atom. The highest BCUT2D eigenvalue weighted by molar-refractivity contribution is 5.94. The summed E-state index contributed by atoms with van der Waals surface area (Å²) < 4.78 is 1.46. The van der Waals surface area contributed by atoms with Crippen LogP contribution in [0, 0.1) is 0 Å². The van der Waals surface area contributed by atoms with Gasteiger partial charge in [-0.2, -0.15) is 0 Å². The maximum Gasteiger partial charge on any atom is 0.265 e. The number of rotatable bonds is 4. The van der Waals surface area contributed by atoms with Crippen molar-refractivity contribution in [1.82, 2.24) is 14.9 Å². The number of carbonyl (C=O) groups excluding carboxylic acids is 1. The van der Waals surface area contributed by atoms with Gasteiger partial charge >= 0.3 is 0 Å². The minimum absolute atomic E-state index is 0.158. The Hall–Kier alpha value is -3.93. The summed E-state index contributed by atoms with van der Waals surface area (Å²) in [5.41, 5.74) is 2.40. The van der Waals surface area contributed by atoms with E-state index >= 15 is 0 Å². The molecule has 1 aromatic heterocycles. The fourth-order valence-electron chi connectivity index (χ4n) is 2.98. The third-order valence-corrected chi connectivity index (χ3v) is 4.44. The zero-order chi connectivity index (χ0) is 19.5. The molecule has 1 heterocycles. The van der Waals surface area contributed by atoms with Crippen LogP contribution in [-0.2, 0) is 6.54 Å². The topological polar surface area (TPSA) is 84.2 Å². The smallest absolute Gasteiger partial charge is 0.265 e. The van der Waals surface area contributed by atoms with Gasteiger partial charge in [0.1, 0.15) is 12.1 Å². The number of hydrogen-bond donors (Lipinski definition) is 2. The van der Waals surface area contributed by atoms with E-state index in [9.17, 15) is 14.7 Å². The SMILES string of the molecule is O=C(NCc1cccc(O)c1)c1ccc(-n2cnc3ccccc3c2=O)cc1. The Labute approximate surface area is 160 Å². The number of aromatic nitrogens is 2.